The lowest BCUT2D eigenvalue weighted by Crippen LogP contribution is -2.34. The van der Waals surface area contributed by atoms with Crippen LogP contribution in [-0.2, 0) is 0 Å². The minimum Gasteiger partial charge on any atom is -0.456 e. The molecule has 2 aromatic heterocycles. The summed E-state index contributed by atoms with van der Waals surface area (Å²) in [5.74, 6) is 1.44. The average Bonchev–Trinajstić information content (AvgIpc) is 3.89. The number of hydrogen-bond acceptors (Lipinski definition) is 5. The second-order valence-corrected chi connectivity index (χ2v) is 16.4. The van der Waals surface area contributed by atoms with Crippen LogP contribution in [0.5, 0.6) is 0 Å². The topological polar surface area (TPSA) is 49.9 Å². The summed E-state index contributed by atoms with van der Waals surface area (Å²) in [4.78, 5) is 10.8. The number of hydrogen-bond donors (Lipinski definition) is 1. The quantitative estimate of drug-likeness (QED) is 0.183. The fourth-order valence-electron chi connectivity index (χ4n) is 8.81. The number of benzene rings is 9. The van der Waals surface area contributed by atoms with Gasteiger partial charge in [-0.1, -0.05) is 170 Å². The number of aliphatic imine (C=N–C) groups is 2. The van der Waals surface area contributed by atoms with Crippen molar-refractivity contribution >= 4 is 75.9 Å². The fraction of sp³-hybridized carbons (Fsp3) is 0.0182. The normalized spacial score (nSPS) is 14.2. The summed E-state index contributed by atoms with van der Waals surface area (Å²) >= 11 is 1.82. The zero-order valence-corrected chi connectivity index (χ0v) is 33.2. The number of thiophene rings is 1. The van der Waals surface area contributed by atoms with Crippen molar-refractivity contribution in [2.75, 3.05) is 0 Å². The van der Waals surface area contributed by atoms with Crippen molar-refractivity contribution in [3.8, 4) is 33.4 Å². The molecule has 0 saturated heterocycles. The molecule has 1 N–H and O–H groups in total. The molecule has 0 amide bonds. The van der Waals surface area contributed by atoms with Crippen molar-refractivity contribution in [2.24, 2.45) is 9.98 Å². The third-order valence-electron chi connectivity index (χ3n) is 11.8. The molecule has 0 radical (unpaired) electrons. The molecule has 282 valence electrons. The molecular formula is C55H35N3OS. The highest BCUT2D eigenvalue weighted by Crippen LogP contribution is 2.42. The van der Waals surface area contributed by atoms with Gasteiger partial charge in [0.2, 0.25) is 0 Å². The van der Waals surface area contributed by atoms with Gasteiger partial charge in [0.15, 0.2) is 5.84 Å². The first-order valence-electron chi connectivity index (χ1n) is 20.3. The van der Waals surface area contributed by atoms with E-state index in [1.54, 1.807) is 0 Å². The highest BCUT2D eigenvalue weighted by molar-refractivity contribution is 7.26. The van der Waals surface area contributed by atoms with Crippen molar-refractivity contribution in [1.29, 1.82) is 0 Å². The van der Waals surface area contributed by atoms with Crippen LogP contribution in [0.2, 0.25) is 0 Å². The number of nitrogens with zero attached hydrogens (tertiary/aromatic N) is 2. The lowest BCUT2D eigenvalue weighted by molar-refractivity contribution is 0.669. The van der Waals surface area contributed by atoms with Gasteiger partial charge in [0.25, 0.3) is 0 Å². The third-order valence-corrected chi connectivity index (χ3v) is 13.0. The van der Waals surface area contributed by atoms with Crippen molar-refractivity contribution in [1.82, 2.24) is 5.32 Å². The first kappa shape index (κ1) is 34.4. The lowest BCUT2D eigenvalue weighted by Gasteiger charge is -2.25. The Morgan fingerprint density at radius 3 is 1.80 bits per heavy atom. The molecule has 0 aliphatic carbocycles. The van der Waals surface area contributed by atoms with Gasteiger partial charge in [-0.05, 0) is 74.5 Å². The van der Waals surface area contributed by atoms with E-state index in [-0.39, 0.29) is 0 Å². The van der Waals surface area contributed by atoms with Crippen LogP contribution in [0.4, 0.5) is 0 Å². The summed E-state index contributed by atoms with van der Waals surface area (Å²) in [6.45, 7) is 0. The van der Waals surface area contributed by atoms with Crippen LogP contribution in [0.1, 0.15) is 22.9 Å². The predicted molar refractivity (Wildman–Crippen MR) is 252 cm³/mol. The minimum atomic E-state index is -0.396. The Labute approximate surface area is 350 Å². The van der Waals surface area contributed by atoms with E-state index < -0.39 is 6.17 Å². The standard InChI is InChI=1S/C55H35N3OS/c1-3-12-34(13-4-1)35-22-24-36(25-23-35)37-26-28-38(29-27-37)42-30-31-47-50(46-32-40-16-7-8-17-41(40)33-48(46)59-47)51(42)55-57-53(39-14-5-2-6-15-39)56-54(58-55)45-20-11-19-44-43-18-9-10-21-49(43)60-52(44)45/h1-33,54H,(H,56,57,58). The smallest absolute Gasteiger partial charge is 0.159 e. The predicted octanol–water partition coefficient (Wildman–Crippen LogP) is 14.6. The van der Waals surface area contributed by atoms with Gasteiger partial charge in [0.05, 0.1) is 0 Å². The van der Waals surface area contributed by atoms with Crippen molar-refractivity contribution in [3.05, 3.63) is 217 Å². The van der Waals surface area contributed by atoms with Crippen LogP contribution >= 0.6 is 11.3 Å². The third kappa shape index (κ3) is 5.82. The van der Waals surface area contributed by atoms with E-state index in [9.17, 15) is 0 Å². The summed E-state index contributed by atoms with van der Waals surface area (Å²) < 4.78 is 9.19. The van der Waals surface area contributed by atoms with Crippen LogP contribution in [0, 0.1) is 0 Å². The Hall–Kier alpha value is -7.60. The first-order valence-corrected chi connectivity index (χ1v) is 21.1. The molecule has 0 fully saturated rings. The van der Waals surface area contributed by atoms with Crippen molar-refractivity contribution < 1.29 is 4.42 Å². The van der Waals surface area contributed by atoms with Gasteiger partial charge in [-0.15, -0.1) is 11.3 Å². The van der Waals surface area contributed by atoms with Crippen LogP contribution < -0.4 is 5.32 Å². The molecule has 60 heavy (non-hydrogen) atoms. The molecule has 11 aromatic rings. The number of rotatable bonds is 6. The van der Waals surface area contributed by atoms with Gasteiger partial charge in [-0.2, -0.15) is 0 Å². The molecule has 0 bridgehead atoms. The van der Waals surface area contributed by atoms with E-state index >= 15 is 0 Å². The summed E-state index contributed by atoms with van der Waals surface area (Å²) in [6, 6.07) is 71.0. The molecule has 3 heterocycles. The first-order chi connectivity index (χ1) is 29.7. The van der Waals surface area contributed by atoms with E-state index in [1.807, 2.05) is 17.4 Å². The van der Waals surface area contributed by atoms with Crippen LogP contribution in [-0.4, -0.2) is 11.7 Å². The van der Waals surface area contributed by atoms with Gasteiger partial charge < -0.3 is 9.73 Å². The maximum atomic E-state index is 6.70. The summed E-state index contributed by atoms with van der Waals surface area (Å²) in [5, 5.41) is 10.8. The second kappa shape index (κ2) is 14.0. The monoisotopic (exact) mass is 785 g/mol. The molecule has 12 rings (SSSR count). The maximum Gasteiger partial charge on any atom is 0.159 e. The molecular weight excluding hydrogens is 751 g/mol. The van der Waals surface area contributed by atoms with E-state index in [0.717, 1.165) is 71.9 Å². The zero-order chi connectivity index (χ0) is 39.6. The molecule has 5 heteroatoms. The second-order valence-electron chi connectivity index (χ2n) is 15.3. The summed E-state index contributed by atoms with van der Waals surface area (Å²) in [6.07, 6.45) is -0.396. The van der Waals surface area contributed by atoms with Gasteiger partial charge >= 0.3 is 0 Å². The van der Waals surface area contributed by atoms with E-state index in [0.29, 0.717) is 5.84 Å². The largest absolute Gasteiger partial charge is 0.456 e. The van der Waals surface area contributed by atoms with E-state index in [2.05, 4.69) is 199 Å². The van der Waals surface area contributed by atoms with E-state index in [1.165, 1.54) is 36.9 Å². The average molecular weight is 786 g/mol. The Morgan fingerprint density at radius 2 is 1.07 bits per heavy atom. The molecule has 0 spiro atoms. The summed E-state index contributed by atoms with van der Waals surface area (Å²) in [5.41, 5.74) is 11.6. The van der Waals surface area contributed by atoms with Gasteiger partial charge in [-0.25, -0.2) is 9.98 Å². The van der Waals surface area contributed by atoms with Crippen molar-refractivity contribution in [2.45, 2.75) is 6.17 Å². The maximum absolute atomic E-state index is 6.70. The lowest BCUT2D eigenvalue weighted by atomic mass is 9.92. The molecule has 9 aromatic carbocycles. The van der Waals surface area contributed by atoms with Gasteiger partial charge in [0.1, 0.15) is 23.2 Å². The minimum absolute atomic E-state index is 0.396. The molecule has 1 unspecified atom stereocenters. The van der Waals surface area contributed by atoms with E-state index in [4.69, 9.17) is 14.4 Å². The Balaban J connectivity index is 1.05. The Morgan fingerprint density at radius 1 is 0.467 bits per heavy atom. The Kier molecular flexibility index (Phi) is 8.06. The molecule has 1 atom stereocenters. The molecule has 1 aliphatic heterocycles. The number of fused-ring (bicyclic) bond motifs is 7. The zero-order valence-electron chi connectivity index (χ0n) is 32.3. The van der Waals surface area contributed by atoms with Crippen LogP contribution in [0.25, 0.3) is 86.3 Å². The van der Waals surface area contributed by atoms with Gasteiger partial charge in [0, 0.05) is 47.6 Å². The molecule has 0 saturated carbocycles. The van der Waals surface area contributed by atoms with Crippen LogP contribution in [0.15, 0.2) is 215 Å². The highest BCUT2D eigenvalue weighted by atomic mass is 32.1. The number of furan rings is 1. The SMILES string of the molecule is c1ccc(C2=NC(c3cccc4c3sc3ccccc34)NC(c3c(-c4ccc(-c5ccc(-c6ccccc6)cc5)cc4)ccc4oc5cc6ccccc6cc5c34)=N2)cc1. The van der Waals surface area contributed by atoms with Crippen LogP contribution in [0.3, 0.4) is 0 Å². The highest BCUT2D eigenvalue weighted by Gasteiger charge is 2.28. The Bertz CT molecular complexity index is 3490. The fourth-order valence-corrected chi connectivity index (χ4v) is 10.0. The van der Waals surface area contributed by atoms with Gasteiger partial charge in [-0.3, -0.25) is 0 Å². The molecule has 4 nitrogen and oxygen atoms in total. The molecule has 1 aliphatic rings. The number of amidine groups is 2. The summed E-state index contributed by atoms with van der Waals surface area (Å²) in [7, 11) is 0. The van der Waals surface area contributed by atoms with Crippen molar-refractivity contribution in [3.63, 3.8) is 0 Å². The number of nitrogens with one attached hydrogen (secondary N) is 1.